The normalized spacial score (nSPS) is 17.3. The Kier molecular flexibility index (Phi) is 8.42. The Morgan fingerprint density at radius 1 is 1.26 bits per heavy atom. The van der Waals surface area contributed by atoms with E-state index < -0.39 is 0 Å². The number of amides is 1. The van der Waals surface area contributed by atoms with Gasteiger partial charge in [-0.25, -0.2) is 0 Å². The Morgan fingerprint density at radius 2 is 2.06 bits per heavy atom. The average Bonchev–Trinajstić information content (AvgIpc) is 3.32. The Balaban J connectivity index is 1.38. The van der Waals surface area contributed by atoms with Crippen molar-refractivity contribution in [2.45, 2.75) is 45.7 Å². The third-order valence-electron chi connectivity index (χ3n) is 6.33. The highest BCUT2D eigenvalue weighted by molar-refractivity contribution is 6.30. The number of likely N-dealkylation sites (tertiary alicyclic amines) is 1. The molecule has 8 heteroatoms. The third-order valence-corrected chi connectivity index (χ3v) is 6.56. The fourth-order valence-corrected chi connectivity index (χ4v) is 4.73. The van der Waals surface area contributed by atoms with Crippen LogP contribution >= 0.6 is 11.6 Å². The molecule has 3 aromatic rings. The lowest BCUT2D eigenvalue weighted by molar-refractivity contribution is -0.127. The fourth-order valence-electron chi connectivity index (χ4n) is 4.54. The molecule has 0 radical (unpaired) electrons. The molecule has 0 aliphatic carbocycles. The largest absolute Gasteiger partial charge is 0.497 e. The monoisotopic (exact) mass is 496 g/mol. The Morgan fingerprint density at radius 3 is 2.77 bits per heavy atom. The molecule has 0 saturated carbocycles. The molecule has 1 fully saturated rings. The van der Waals surface area contributed by atoms with E-state index in [1.165, 1.54) is 0 Å². The van der Waals surface area contributed by atoms with Crippen LogP contribution in [0.25, 0.3) is 11.4 Å². The second kappa shape index (κ2) is 11.7. The summed E-state index contributed by atoms with van der Waals surface area (Å²) in [7, 11) is 1.66. The fraction of sp³-hybridized carbons (Fsp3) is 0.444. The van der Waals surface area contributed by atoms with Gasteiger partial charge in [-0.2, -0.15) is 4.98 Å². The van der Waals surface area contributed by atoms with Crippen LogP contribution in [-0.4, -0.2) is 41.1 Å². The zero-order chi connectivity index (χ0) is 24.8. The number of rotatable bonds is 9. The van der Waals surface area contributed by atoms with Crippen LogP contribution in [0.3, 0.4) is 0 Å². The van der Waals surface area contributed by atoms with Gasteiger partial charge < -0.3 is 14.6 Å². The van der Waals surface area contributed by atoms with Crippen molar-refractivity contribution in [3.05, 3.63) is 65.0 Å². The van der Waals surface area contributed by atoms with Crippen LogP contribution in [0, 0.1) is 11.8 Å². The number of hydrogen-bond acceptors (Lipinski definition) is 6. The van der Waals surface area contributed by atoms with Crippen LogP contribution in [0.1, 0.15) is 50.6 Å². The molecule has 7 nitrogen and oxygen atoms in total. The first-order chi connectivity index (χ1) is 16.9. The quantitative estimate of drug-likeness (QED) is 0.420. The first-order valence-electron chi connectivity index (χ1n) is 12.2. The van der Waals surface area contributed by atoms with Gasteiger partial charge in [0, 0.05) is 17.1 Å². The molecular weight excluding hydrogens is 464 g/mol. The molecule has 2 heterocycles. The van der Waals surface area contributed by atoms with E-state index in [-0.39, 0.29) is 17.9 Å². The molecule has 1 amide bonds. The van der Waals surface area contributed by atoms with Crippen molar-refractivity contribution >= 4 is 17.5 Å². The number of methoxy groups -OCH3 is 1. The van der Waals surface area contributed by atoms with Gasteiger partial charge >= 0.3 is 0 Å². The van der Waals surface area contributed by atoms with Gasteiger partial charge in [0.05, 0.1) is 25.6 Å². The molecule has 1 N–H and O–H groups in total. The molecule has 2 aromatic carbocycles. The van der Waals surface area contributed by atoms with Crippen molar-refractivity contribution in [1.82, 2.24) is 20.4 Å². The summed E-state index contributed by atoms with van der Waals surface area (Å²) in [6.45, 7) is 6.43. The van der Waals surface area contributed by atoms with Gasteiger partial charge in [-0.1, -0.05) is 54.9 Å². The summed E-state index contributed by atoms with van der Waals surface area (Å²) in [5.41, 5.74) is 1.91. The number of aromatic nitrogens is 2. The summed E-state index contributed by atoms with van der Waals surface area (Å²) < 4.78 is 10.8. The predicted octanol–water partition coefficient (Wildman–Crippen LogP) is 5.51. The summed E-state index contributed by atoms with van der Waals surface area (Å²) in [5, 5.41) is 8.05. The highest BCUT2D eigenvalue weighted by atomic mass is 35.5. The van der Waals surface area contributed by atoms with Gasteiger partial charge in [0.1, 0.15) is 5.75 Å². The van der Waals surface area contributed by atoms with Crippen LogP contribution in [0.4, 0.5) is 0 Å². The molecule has 4 rings (SSSR count). The summed E-state index contributed by atoms with van der Waals surface area (Å²) in [6, 6.07) is 15.3. The Hall–Kier alpha value is -2.90. The van der Waals surface area contributed by atoms with Crippen LogP contribution in [-0.2, 0) is 11.3 Å². The molecule has 1 aromatic heterocycles. The van der Waals surface area contributed by atoms with Crippen molar-refractivity contribution < 1.29 is 14.1 Å². The van der Waals surface area contributed by atoms with E-state index in [2.05, 4.69) is 34.2 Å². The maximum Gasteiger partial charge on any atom is 0.241 e. The van der Waals surface area contributed by atoms with Crippen LogP contribution in [0.2, 0.25) is 5.02 Å². The van der Waals surface area contributed by atoms with E-state index in [0.717, 1.165) is 42.7 Å². The van der Waals surface area contributed by atoms with Crippen molar-refractivity contribution in [2.24, 2.45) is 11.8 Å². The standard InChI is InChI=1S/C27H33ClN4O3/c1-18(2)14-24(19-9-11-23(34-3)12-10-19)29-27(33)21-7-5-13-32(16-21)17-25-30-26(31-35-25)20-6-4-8-22(28)15-20/h4,6,8-12,15,18,21,24H,5,7,13-14,16-17H2,1-3H3,(H,29,33). The zero-order valence-corrected chi connectivity index (χ0v) is 21.3. The zero-order valence-electron chi connectivity index (χ0n) is 20.5. The molecule has 2 unspecified atom stereocenters. The van der Waals surface area contributed by atoms with E-state index in [1.807, 2.05) is 48.5 Å². The van der Waals surface area contributed by atoms with E-state index >= 15 is 0 Å². The van der Waals surface area contributed by atoms with Gasteiger partial charge in [-0.05, 0) is 61.6 Å². The van der Waals surface area contributed by atoms with Crippen molar-refractivity contribution in [2.75, 3.05) is 20.2 Å². The van der Waals surface area contributed by atoms with E-state index in [0.29, 0.717) is 35.7 Å². The van der Waals surface area contributed by atoms with E-state index in [4.69, 9.17) is 20.9 Å². The number of carbonyl (C=O) groups is 1. The van der Waals surface area contributed by atoms with Gasteiger partial charge in [-0.3, -0.25) is 9.69 Å². The lowest BCUT2D eigenvalue weighted by atomic mass is 9.93. The van der Waals surface area contributed by atoms with Crippen molar-refractivity contribution in [1.29, 1.82) is 0 Å². The number of benzene rings is 2. The van der Waals surface area contributed by atoms with Crippen molar-refractivity contribution in [3.63, 3.8) is 0 Å². The minimum Gasteiger partial charge on any atom is -0.497 e. The minimum atomic E-state index is -0.0769. The summed E-state index contributed by atoms with van der Waals surface area (Å²) in [4.78, 5) is 20.0. The lowest BCUT2D eigenvalue weighted by Gasteiger charge is -2.32. The second-order valence-corrected chi connectivity index (χ2v) is 10.00. The number of nitrogens with one attached hydrogen (secondary N) is 1. The van der Waals surface area contributed by atoms with Gasteiger partial charge in [-0.15, -0.1) is 0 Å². The molecule has 186 valence electrons. The Bertz CT molecular complexity index is 1120. The van der Waals surface area contributed by atoms with E-state index in [9.17, 15) is 4.79 Å². The molecule has 1 aliphatic rings. The minimum absolute atomic E-state index is 0.0278. The molecule has 1 saturated heterocycles. The van der Waals surface area contributed by atoms with E-state index in [1.54, 1.807) is 7.11 Å². The maximum atomic E-state index is 13.3. The number of hydrogen-bond donors (Lipinski definition) is 1. The average molecular weight is 497 g/mol. The summed E-state index contributed by atoms with van der Waals surface area (Å²) in [6.07, 6.45) is 2.70. The predicted molar refractivity (Wildman–Crippen MR) is 136 cm³/mol. The summed E-state index contributed by atoms with van der Waals surface area (Å²) >= 11 is 6.08. The highest BCUT2D eigenvalue weighted by Crippen LogP contribution is 2.26. The SMILES string of the molecule is COc1ccc(C(CC(C)C)NC(=O)C2CCCN(Cc3nc(-c4cccc(Cl)c4)no3)C2)cc1. The van der Waals surface area contributed by atoms with Gasteiger partial charge in [0.15, 0.2) is 0 Å². The van der Waals surface area contributed by atoms with Crippen LogP contribution in [0.5, 0.6) is 5.75 Å². The molecule has 0 bridgehead atoms. The van der Waals surface area contributed by atoms with Gasteiger partial charge in [0.25, 0.3) is 0 Å². The smallest absolute Gasteiger partial charge is 0.241 e. The van der Waals surface area contributed by atoms with Crippen LogP contribution in [0.15, 0.2) is 53.1 Å². The molecule has 2 atom stereocenters. The number of carbonyl (C=O) groups excluding carboxylic acids is 1. The lowest BCUT2D eigenvalue weighted by Crippen LogP contribution is -2.43. The number of piperidine rings is 1. The first kappa shape index (κ1) is 25.2. The Labute approximate surface area is 211 Å². The maximum absolute atomic E-state index is 13.3. The molecule has 0 spiro atoms. The number of halogens is 1. The van der Waals surface area contributed by atoms with Gasteiger partial charge in [0.2, 0.25) is 17.6 Å². The van der Waals surface area contributed by atoms with Crippen molar-refractivity contribution in [3.8, 4) is 17.1 Å². The second-order valence-electron chi connectivity index (χ2n) is 9.56. The summed E-state index contributed by atoms with van der Waals surface area (Å²) in [5.74, 6) is 2.34. The highest BCUT2D eigenvalue weighted by Gasteiger charge is 2.29. The topological polar surface area (TPSA) is 80.5 Å². The molecular formula is C27H33ClN4O3. The first-order valence-corrected chi connectivity index (χ1v) is 12.5. The molecule has 35 heavy (non-hydrogen) atoms. The number of ether oxygens (including phenoxy) is 1. The molecule has 1 aliphatic heterocycles. The number of nitrogens with zero attached hydrogens (tertiary/aromatic N) is 3. The van der Waals surface area contributed by atoms with Crippen LogP contribution < -0.4 is 10.1 Å². The third kappa shape index (κ3) is 6.83.